The number of carbonyl (C=O) groups is 2. The lowest BCUT2D eigenvalue weighted by molar-refractivity contribution is 0.0695. The lowest BCUT2D eigenvalue weighted by Gasteiger charge is -2.17. The molecule has 0 spiro atoms. The highest BCUT2D eigenvalue weighted by atomic mass is 16.4. The van der Waals surface area contributed by atoms with Crippen LogP contribution in [0.15, 0.2) is 24.3 Å². The van der Waals surface area contributed by atoms with Gasteiger partial charge in [-0.1, -0.05) is 25.1 Å². The minimum Gasteiger partial charge on any atom is -0.478 e. The maximum Gasteiger partial charge on any atom is 0.335 e. The minimum atomic E-state index is -0.940. The molecule has 0 saturated carbocycles. The number of urea groups is 1. The topological polar surface area (TPSA) is 69.6 Å². The lowest BCUT2D eigenvalue weighted by atomic mass is 10.0. The van der Waals surface area contributed by atoms with Gasteiger partial charge in [0.1, 0.15) is 0 Å². The molecule has 0 fully saturated rings. The highest BCUT2D eigenvalue weighted by Crippen LogP contribution is 2.09. The van der Waals surface area contributed by atoms with Crippen molar-refractivity contribution in [1.29, 1.82) is 0 Å². The molecule has 0 unspecified atom stereocenters. The molecule has 1 aromatic carbocycles. The van der Waals surface area contributed by atoms with Crippen LogP contribution < -0.4 is 5.32 Å². The number of hydrogen-bond donors (Lipinski definition) is 2. The molecule has 0 atom stereocenters. The van der Waals surface area contributed by atoms with Gasteiger partial charge in [-0.2, -0.15) is 0 Å². The second-order valence-corrected chi connectivity index (χ2v) is 4.37. The summed E-state index contributed by atoms with van der Waals surface area (Å²) in [6.07, 6.45) is 1.42. The molecule has 0 aromatic heterocycles. The Morgan fingerprint density at radius 1 is 1.32 bits per heavy atom. The number of rotatable bonds is 6. The minimum absolute atomic E-state index is 0.130. The Labute approximate surface area is 113 Å². The summed E-state index contributed by atoms with van der Waals surface area (Å²) in [5.41, 5.74) is 1.02. The summed E-state index contributed by atoms with van der Waals surface area (Å²) in [6.45, 7) is 3.14. The number of benzene rings is 1. The number of carboxylic acid groups (broad SMARTS) is 1. The van der Waals surface area contributed by atoms with E-state index in [2.05, 4.69) is 5.32 Å². The Morgan fingerprint density at radius 3 is 2.63 bits per heavy atom. The van der Waals surface area contributed by atoms with Crippen LogP contribution in [-0.4, -0.2) is 42.1 Å². The number of nitrogens with zero attached hydrogens (tertiary/aromatic N) is 1. The number of nitrogens with one attached hydrogen (secondary N) is 1. The van der Waals surface area contributed by atoms with E-state index in [1.54, 1.807) is 36.2 Å². The first-order valence-electron chi connectivity index (χ1n) is 6.36. The molecule has 1 aromatic rings. The van der Waals surface area contributed by atoms with Gasteiger partial charge in [0.15, 0.2) is 0 Å². The number of hydrogen-bond acceptors (Lipinski definition) is 2. The molecule has 0 radical (unpaired) electrons. The zero-order valence-corrected chi connectivity index (χ0v) is 11.3. The lowest BCUT2D eigenvalue weighted by Crippen LogP contribution is -2.38. The smallest absolute Gasteiger partial charge is 0.335 e. The van der Waals surface area contributed by atoms with Crippen molar-refractivity contribution < 1.29 is 14.7 Å². The normalized spacial score (nSPS) is 10.0. The maximum atomic E-state index is 11.6. The molecule has 2 N–H and O–H groups in total. The fourth-order valence-corrected chi connectivity index (χ4v) is 1.82. The van der Waals surface area contributed by atoms with Crippen LogP contribution in [0.3, 0.4) is 0 Å². The largest absolute Gasteiger partial charge is 0.478 e. The molecule has 5 heteroatoms. The van der Waals surface area contributed by atoms with Crippen LogP contribution in [0.4, 0.5) is 4.79 Å². The van der Waals surface area contributed by atoms with Gasteiger partial charge in [-0.3, -0.25) is 0 Å². The van der Waals surface area contributed by atoms with Gasteiger partial charge in [0, 0.05) is 20.1 Å². The van der Waals surface area contributed by atoms with Crippen molar-refractivity contribution in [3.05, 3.63) is 35.4 Å². The first-order chi connectivity index (χ1) is 9.06. The Bertz CT molecular complexity index is 446. The van der Waals surface area contributed by atoms with Crippen LogP contribution in [-0.2, 0) is 6.42 Å². The van der Waals surface area contributed by atoms with Crippen molar-refractivity contribution in [2.24, 2.45) is 0 Å². The molecule has 0 heterocycles. The van der Waals surface area contributed by atoms with E-state index in [-0.39, 0.29) is 6.03 Å². The quantitative estimate of drug-likeness (QED) is 0.825. The van der Waals surface area contributed by atoms with E-state index in [9.17, 15) is 9.59 Å². The molecule has 2 amide bonds. The fraction of sp³-hybridized carbons (Fsp3) is 0.429. The summed E-state index contributed by atoms with van der Waals surface area (Å²) >= 11 is 0. The number of carbonyl (C=O) groups excluding carboxylic acids is 1. The summed E-state index contributed by atoms with van der Waals surface area (Å²) in [7, 11) is 1.74. The summed E-state index contributed by atoms with van der Waals surface area (Å²) in [4.78, 5) is 24.3. The summed E-state index contributed by atoms with van der Waals surface area (Å²) < 4.78 is 0. The van der Waals surface area contributed by atoms with Crippen molar-refractivity contribution >= 4 is 12.0 Å². The molecule has 1 rings (SSSR count). The molecular formula is C14H20N2O3. The van der Waals surface area contributed by atoms with Gasteiger partial charge in [-0.15, -0.1) is 0 Å². The number of amides is 2. The fourth-order valence-electron chi connectivity index (χ4n) is 1.82. The van der Waals surface area contributed by atoms with Crippen LogP contribution in [0.5, 0.6) is 0 Å². The Hall–Kier alpha value is -2.04. The number of carboxylic acids is 1. The molecular weight excluding hydrogens is 244 g/mol. The van der Waals surface area contributed by atoms with Crippen LogP contribution in [0, 0.1) is 0 Å². The molecule has 0 aliphatic carbocycles. The van der Waals surface area contributed by atoms with Crippen molar-refractivity contribution in [1.82, 2.24) is 10.2 Å². The standard InChI is InChI=1S/C14H20N2O3/c1-3-10-16(2)14(19)15-9-8-11-6-4-5-7-12(11)13(17)18/h4-7H,3,8-10H2,1-2H3,(H,15,19)(H,17,18). The Kier molecular flexibility index (Phi) is 5.85. The molecule has 0 bridgehead atoms. The van der Waals surface area contributed by atoms with E-state index in [4.69, 9.17) is 5.11 Å². The molecule has 5 nitrogen and oxygen atoms in total. The average Bonchev–Trinajstić information content (AvgIpc) is 2.39. The highest BCUT2D eigenvalue weighted by Gasteiger charge is 2.10. The van der Waals surface area contributed by atoms with Crippen molar-refractivity contribution in [3.63, 3.8) is 0 Å². The third kappa shape index (κ3) is 4.62. The summed E-state index contributed by atoms with van der Waals surface area (Å²) in [5, 5.41) is 11.8. The number of aromatic carboxylic acids is 1. The van der Waals surface area contributed by atoms with Gasteiger partial charge >= 0.3 is 12.0 Å². The molecule has 104 valence electrons. The molecule has 0 aliphatic heterocycles. The van der Waals surface area contributed by atoms with Crippen molar-refractivity contribution in [2.45, 2.75) is 19.8 Å². The van der Waals surface area contributed by atoms with Gasteiger partial charge in [-0.05, 0) is 24.5 Å². The van der Waals surface area contributed by atoms with Gasteiger partial charge in [0.25, 0.3) is 0 Å². The van der Waals surface area contributed by atoms with Gasteiger partial charge < -0.3 is 15.3 Å². The highest BCUT2D eigenvalue weighted by molar-refractivity contribution is 5.89. The maximum absolute atomic E-state index is 11.6. The monoisotopic (exact) mass is 264 g/mol. The van der Waals surface area contributed by atoms with E-state index < -0.39 is 5.97 Å². The molecule has 19 heavy (non-hydrogen) atoms. The first kappa shape index (κ1) is 15.0. The van der Waals surface area contributed by atoms with Crippen LogP contribution in [0.1, 0.15) is 29.3 Å². The van der Waals surface area contributed by atoms with Crippen LogP contribution >= 0.6 is 0 Å². The first-order valence-corrected chi connectivity index (χ1v) is 6.36. The predicted octanol–water partition coefficient (Wildman–Crippen LogP) is 1.98. The van der Waals surface area contributed by atoms with E-state index in [1.807, 2.05) is 6.92 Å². The Balaban J connectivity index is 2.50. The van der Waals surface area contributed by atoms with Gasteiger partial charge in [0.2, 0.25) is 0 Å². The van der Waals surface area contributed by atoms with E-state index in [0.717, 1.165) is 12.0 Å². The van der Waals surface area contributed by atoms with E-state index >= 15 is 0 Å². The van der Waals surface area contributed by atoms with E-state index in [1.165, 1.54) is 0 Å². The van der Waals surface area contributed by atoms with Gasteiger partial charge in [0.05, 0.1) is 5.56 Å². The second kappa shape index (κ2) is 7.41. The summed E-state index contributed by atoms with van der Waals surface area (Å²) in [5.74, 6) is -0.940. The predicted molar refractivity (Wildman–Crippen MR) is 73.4 cm³/mol. The zero-order chi connectivity index (χ0) is 14.3. The third-order valence-corrected chi connectivity index (χ3v) is 2.82. The second-order valence-electron chi connectivity index (χ2n) is 4.37. The molecule has 0 saturated heterocycles. The van der Waals surface area contributed by atoms with E-state index in [0.29, 0.717) is 25.1 Å². The third-order valence-electron chi connectivity index (χ3n) is 2.82. The summed E-state index contributed by atoms with van der Waals surface area (Å²) in [6, 6.07) is 6.70. The molecule has 0 aliphatic rings. The average molecular weight is 264 g/mol. The van der Waals surface area contributed by atoms with Crippen LogP contribution in [0.25, 0.3) is 0 Å². The van der Waals surface area contributed by atoms with Crippen LogP contribution in [0.2, 0.25) is 0 Å². The zero-order valence-electron chi connectivity index (χ0n) is 11.3. The SMILES string of the molecule is CCCN(C)C(=O)NCCc1ccccc1C(=O)O. The van der Waals surface area contributed by atoms with Gasteiger partial charge in [-0.25, -0.2) is 9.59 Å². The Morgan fingerprint density at radius 2 is 2.00 bits per heavy atom. The van der Waals surface area contributed by atoms with Crippen molar-refractivity contribution in [3.8, 4) is 0 Å². The van der Waals surface area contributed by atoms with Crippen molar-refractivity contribution in [2.75, 3.05) is 20.1 Å².